The molecule has 0 spiro atoms. The van der Waals surface area contributed by atoms with Crippen molar-refractivity contribution in [3.63, 3.8) is 0 Å². The monoisotopic (exact) mass is 331 g/mol. The summed E-state index contributed by atoms with van der Waals surface area (Å²) in [5.41, 5.74) is 7.56. The lowest BCUT2D eigenvalue weighted by molar-refractivity contribution is 1.48. The first kappa shape index (κ1) is 15.9. The van der Waals surface area contributed by atoms with Gasteiger partial charge in [0.25, 0.3) is 0 Å². The van der Waals surface area contributed by atoms with Crippen LogP contribution in [-0.2, 0) is 0 Å². The Bertz CT molecular complexity index is 1060. The van der Waals surface area contributed by atoms with Gasteiger partial charge in [-0.1, -0.05) is 91.0 Å². The van der Waals surface area contributed by atoms with E-state index in [1.54, 1.807) is 0 Å². The summed E-state index contributed by atoms with van der Waals surface area (Å²) < 4.78 is 0. The van der Waals surface area contributed by atoms with Gasteiger partial charge < -0.3 is 0 Å². The molecule has 1 nitrogen and oxygen atoms in total. The van der Waals surface area contributed by atoms with E-state index < -0.39 is 0 Å². The van der Waals surface area contributed by atoms with E-state index in [1.807, 2.05) is 42.5 Å². The minimum atomic E-state index is 0.675. The third-order valence-electron chi connectivity index (χ3n) is 4.54. The fraction of sp³-hybridized carbons (Fsp3) is 0. The zero-order valence-electron chi connectivity index (χ0n) is 14.3. The van der Waals surface area contributed by atoms with E-state index in [9.17, 15) is 5.26 Å². The average Bonchev–Trinajstić information content (AvgIpc) is 2.75. The molecule has 1 heteroatoms. The Hall–Kier alpha value is -3.63. The number of nitriles is 1. The Morgan fingerprint density at radius 2 is 0.962 bits per heavy atom. The minimum absolute atomic E-state index is 0.675. The molecule has 0 unspecified atom stereocenters. The molecule has 0 aliphatic heterocycles. The van der Waals surface area contributed by atoms with E-state index in [4.69, 9.17) is 0 Å². The van der Waals surface area contributed by atoms with Crippen molar-refractivity contribution in [2.45, 2.75) is 0 Å². The molecule has 122 valence electrons. The van der Waals surface area contributed by atoms with Crippen LogP contribution in [0.25, 0.3) is 33.4 Å². The fourth-order valence-electron chi connectivity index (χ4n) is 3.19. The lowest BCUT2D eigenvalue weighted by Gasteiger charge is -2.12. The van der Waals surface area contributed by atoms with E-state index >= 15 is 0 Å². The maximum absolute atomic E-state index is 9.28. The molecule has 0 N–H and O–H groups in total. The molecular formula is C25H17N. The molecule has 4 aromatic carbocycles. The first-order valence-electron chi connectivity index (χ1n) is 8.60. The molecule has 4 rings (SSSR count). The second-order valence-corrected chi connectivity index (χ2v) is 6.18. The second kappa shape index (κ2) is 7.09. The van der Waals surface area contributed by atoms with Gasteiger partial charge in [0.15, 0.2) is 0 Å². The quantitative estimate of drug-likeness (QED) is 0.417. The molecule has 0 aliphatic carbocycles. The highest BCUT2D eigenvalue weighted by atomic mass is 14.2. The van der Waals surface area contributed by atoms with Crippen molar-refractivity contribution in [3.8, 4) is 39.4 Å². The molecule has 0 aliphatic rings. The first-order valence-corrected chi connectivity index (χ1v) is 8.60. The summed E-state index contributed by atoms with van der Waals surface area (Å²) >= 11 is 0. The number of rotatable bonds is 3. The van der Waals surface area contributed by atoms with Crippen LogP contribution in [0.1, 0.15) is 5.56 Å². The zero-order valence-corrected chi connectivity index (χ0v) is 14.3. The standard InChI is InChI=1S/C25H17N/c26-18-19-11-16-24(25(17-19)22-9-5-2-6-10-22)23-14-12-21(13-15-23)20-7-3-1-4-8-20/h1-17H. The number of hydrogen-bond acceptors (Lipinski definition) is 1. The summed E-state index contributed by atoms with van der Waals surface area (Å²) in [6.07, 6.45) is 0. The molecule has 26 heavy (non-hydrogen) atoms. The lowest BCUT2D eigenvalue weighted by atomic mass is 9.92. The highest BCUT2D eigenvalue weighted by Crippen LogP contribution is 2.34. The van der Waals surface area contributed by atoms with Crippen LogP contribution in [0.15, 0.2) is 103 Å². The summed E-state index contributed by atoms with van der Waals surface area (Å²) in [6.45, 7) is 0. The van der Waals surface area contributed by atoms with Crippen molar-refractivity contribution in [3.05, 3.63) is 109 Å². The number of benzene rings is 4. The van der Waals surface area contributed by atoms with E-state index in [2.05, 4.69) is 66.7 Å². The van der Waals surface area contributed by atoms with Crippen molar-refractivity contribution >= 4 is 0 Å². The van der Waals surface area contributed by atoms with Gasteiger partial charge in [0.2, 0.25) is 0 Å². The number of nitrogens with zero attached hydrogens (tertiary/aromatic N) is 1. The van der Waals surface area contributed by atoms with Crippen LogP contribution in [0.4, 0.5) is 0 Å². The predicted molar refractivity (Wildman–Crippen MR) is 107 cm³/mol. The van der Waals surface area contributed by atoms with Crippen LogP contribution in [0.2, 0.25) is 0 Å². The van der Waals surface area contributed by atoms with Crippen LogP contribution in [0.3, 0.4) is 0 Å². The molecule has 0 saturated carbocycles. The van der Waals surface area contributed by atoms with Gasteiger partial charge in [-0.05, 0) is 45.5 Å². The van der Waals surface area contributed by atoms with Crippen molar-refractivity contribution in [1.29, 1.82) is 5.26 Å². The summed E-state index contributed by atoms with van der Waals surface area (Å²) in [5, 5.41) is 9.28. The van der Waals surface area contributed by atoms with E-state index in [0.717, 1.165) is 22.3 Å². The van der Waals surface area contributed by atoms with Crippen LogP contribution >= 0.6 is 0 Å². The van der Waals surface area contributed by atoms with Crippen molar-refractivity contribution in [1.82, 2.24) is 0 Å². The molecule has 0 bridgehead atoms. The highest BCUT2D eigenvalue weighted by molar-refractivity contribution is 5.85. The van der Waals surface area contributed by atoms with Gasteiger partial charge >= 0.3 is 0 Å². The number of hydrogen-bond donors (Lipinski definition) is 0. The van der Waals surface area contributed by atoms with Crippen LogP contribution < -0.4 is 0 Å². The molecule has 0 heterocycles. The summed E-state index contributed by atoms with van der Waals surface area (Å²) in [7, 11) is 0. The van der Waals surface area contributed by atoms with Crippen molar-refractivity contribution in [2.75, 3.05) is 0 Å². The SMILES string of the molecule is N#Cc1ccc(-c2ccc(-c3ccccc3)cc2)c(-c2ccccc2)c1. The predicted octanol–water partition coefficient (Wildman–Crippen LogP) is 6.56. The Balaban J connectivity index is 1.80. The van der Waals surface area contributed by atoms with E-state index in [1.165, 1.54) is 11.1 Å². The highest BCUT2D eigenvalue weighted by Gasteiger charge is 2.09. The second-order valence-electron chi connectivity index (χ2n) is 6.18. The van der Waals surface area contributed by atoms with E-state index in [0.29, 0.717) is 5.56 Å². The molecule has 0 fully saturated rings. The summed E-state index contributed by atoms with van der Waals surface area (Å²) in [6, 6.07) is 37.3. The Morgan fingerprint density at radius 3 is 1.58 bits per heavy atom. The molecule has 0 aromatic heterocycles. The maximum Gasteiger partial charge on any atom is 0.0991 e. The molecular weight excluding hydrogens is 314 g/mol. The topological polar surface area (TPSA) is 23.8 Å². The zero-order chi connectivity index (χ0) is 17.8. The molecule has 0 saturated heterocycles. The van der Waals surface area contributed by atoms with Gasteiger partial charge in [0, 0.05) is 0 Å². The molecule has 4 aromatic rings. The largest absolute Gasteiger partial charge is 0.192 e. The van der Waals surface area contributed by atoms with Gasteiger partial charge in [0.1, 0.15) is 0 Å². The van der Waals surface area contributed by atoms with E-state index in [-0.39, 0.29) is 0 Å². The van der Waals surface area contributed by atoms with Crippen LogP contribution in [-0.4, -0.2) is 0 Å². The van der Waals surface area contributed by atoms with Gasteiger partial charge in [-0.2, -0.15) is 5.26 Å². The third kappa shape index (κ3) is 3.14. The summed E-state index contributed by atoms with van der Waals surface area (Å²) in [4.78, 5) is 0. The normalized spacial score (nSPS) is 10.3. The van der Waals surface area contributed by atoms with Crippen LogP contribution in [0.5, 0.6) is 0 Å². The first-order chi connectivity index (χ1) is 12.8. The fourth-order valence-corrected chi connectivity index (χ4v) is 3.19. The Kier molecular flexibility index (Phi) is 4.33. The van der Waals surface area contributed by atoms with Gasteiger partial charge in [-0.15, -0.1) is 0 Å². The molecule has 0 amide bonds. The Morgan fingerprint density at radius 1 is 0.462 bits per heavy atom. The van der Waals surface area contributed by atoms with Crippen molar-refractivity contribution in [2.24, 2.45) is 0 Å². The van der Waals surface area contributed by atoms with Gasteiger partial charge in [0.05, 0.1) is 11.6 Å². The lowest BCUT2D eigenvalue weighted by Crippen LogP contribution is -1.87. The van der Waals surface area contributed by atoms with Gasteiger partial charge in [-0.3, -0.25) is 0 Å². The summed E-state index contributed by atoms with van der Waals surface area (Å²) in [5.74, 6) is 0. The van der Waals surface area contributed by atoms with Crippen molar-refractivity contribution < 1.29 is 0 Å². The maximum atomic E-state index is 9.28. The average molecular weight is 331 g/mol. The van der Waals surface area contributed by atoms with Crippen LogP contribution in [0, 0.1) is 11.3 Å². The van der Waals surface area contributed by atoms with Gasteiger partial charge in [-0.25, -0.2) is 0 Å². The third-order valence-corrected chi connectivity index (χ3v) is 4.54. The Labute approximate surface area is 153 Å². The molecule has 0 atom stereocenters. The smallest absolute Gasteiger partial charge is 0.0991 e. The molecule has 0 radical (unpaired) electrons. The minimum Gasteiger partial charge on any atom is -0.192 e.